The van der Waals surface area contributed by atoms with Gasteiger partial charge in [0.25, 0.3) is 0 Å². The number of rotatable bonds is 4. The molecule has 2 aliphatic rings. The highest BCUT2D eigenvalue weighted by molar-refractivity contribution is 8.14. The lowest BCUT2D eigenvalue weighted by Gasteiger charge is -2.36. The maximum atomic E-state index is 11.7. The molecule has 1 spiro atoms. The second-order valence-electron chi connectivity index (χ2n) is 6.71. The zero-order valence-electron chi connectivity index (χ0n) is 12.9. The summed E-state index contributed by atoms with van der Waals surface area (Å²) in [5.74, 6) is 2.40. The lowest BCUT2D eigenvalue weighted by Crippen LogP contribution is -2.47. The fraction of sp³-hybridized carbons (Fsp3) is 0.867. The zero-order chi connectivity index (χ0) is 14.6. The van der Waals surface area contributed by atoms with Crippen LogP contribution in [0.15, 0.2) is 4.99 Å². The SMILES string of the molecule is CC(C)CNC(=O)CN=C1NC2(CCCC(C)C2)CS1. The molecule has 2 unspecified atom stereocenters. The van der Waals surface area contributed by atoms with Crippen molar-refractivity contribution < 1.29 is 4.79 Å². The summed E-state index contributed by atoms with van der Waals surface area (Å²) in [7, 11) is 0. The van der Waals surface area contributed by atoms with Gasteiger partial charge in [-0.05, 0) is 24.7 Å². The van der Waals surface area contributed by atoms with Crippen LogP contribution in [0.2, 0.25) is 0 Å². The number of hydrogen-bond donors (Lipinski definition) is 2. The van der Waals surface area contributed by atoms with E-state index in [0.29, 0.717) is 5.92 Å². The molecule has 1 saturated heterocycles. The molecule has 0 aromatic rings. The summed E-state index contributed by atoms with van der Waals surface area (Å²) in [6.07, 6.45) is 5.12. The summed E-state index contributed by atoms with van der Waals surface area (Å²) in [5.41, 5.74) is 0.246. The standard InChI is InChI=1S/C15H27N3OS/c1-11(2)8-16-13(19)9-17-14-18-15(10-20-14)6-4-5-12(3)7-15/h11-12H,4-10H2,1-3H3,(H,16,19)(H,17,18). The molecule has 4 nitrogen and oxygen atoms in total. The van der Waals surface area contributed by atoms with E-state index in [4.69, 9.17) is 0 Å². The van der Waals surface area contributed by atoms with E-state index in [2.05, 4.69) is 36.4 Å². The van der Waals surface area contributed by atoms with E-state index in [1.165, 1.54) is 25.7 Å². The Morgan fingerprint density at radius 2 is 2.40 bits per heavy atom. The van der Waals surface area contributed by atoms with Gasteiger partial charge in [-0.2, -0.15) is 0 Å². The third kappa shape index (κ3) is 4.40. The quantitative estimate of drug-likeness (QED) is 0.838. The van der Waals surface area contributed by atoms with Crippen molar-refractivity contribution in [2.24, 2.45) is 16.8 Å². The average molecular weight is 297 g/mol. The Balaban J connectivity index is 1.80. The molecule has 114 valence electrons. The molecule has 2 fully saturated rings. The second-order valence-corrected chi connectivity index (χ2v) is 7.68. The van der Waals surface area contributed by atoms with Crippen LogP contribution in [0.4, 0.5) is 0 Å². The van der Waals surface area contributed by atoms with Gasteiger partial charge in [-0.3, -0.25) is 9.79 Å². The molecule has 0 radical (unpaired) electrons. The summed E-state index contributed by atoms with van der Waals surface area (Å²) in [6, 6.07) is 0. The van der Waals surface area contributed by atoms with Crippen LogP contribution in [0.25, 0.3) is 0 Å². The fourth-order valence-electron chi connectivity index (χ4n) is 3.01. The molecule has 20 heavy (non-hydrogen) atoms. The number of nitrogens with one attached hydrogen (secondary N) is 2. The number of hydrogen-bond acceptors (Lipinski definition) is 3. The Bertz CT molecular complexity index is 383. The van der Waals surface area contributed by atoms with Gasteiger partial charge in [-0.25, -0.2) is 0 Å². The summed E-state index contributed by atoms with van der Waals surface area (Å²) < 4.78 is 0. The maximum absolute atomic E-state index is 11.7. The minimum Gasteiger partial charge on any atom is -0.359 e. The summed E-state index contributed by atoms with van der Waals surface area (Å²) >= 11 is 1.78. The predicted octanol–water partition coefficient (Wildman–Crippen LogP) is 2.40. The second kappa shape index (κ2) is 6.83. The van der Waals surface area contributed by atoms with E-state index in [1.54, 1.807) is 11.8 Å². The third-order valence-electron chi connectivity index (χ3n) is 4.02. The molecular weight excluding hydrogens is 270 g/mol. The predicted molar refractivity (Wildman–Crippen MR) is 86.1 cm³/mol. The van der Waals surface area contributed by atoms with E-state index in [1.807, 2.05) is 0 Å². The number of aliphatic imine (C=N–C) groups is 1. The summed E-state index contributed by atoms with van der Waals surface area (Å²) in [4.78, 5) is 16.1. The van der Waals surface area contributed by atoms with E-state index in [9.17, 15) is 4.79 Å². The minimum absolute atomic E-state index is 0.0200. The van der Waals surface area contributed by atoms with E-state index in [-0.39, 0.29) is 18.0 Å². The lowest BCUT2D eigenvalue weighted by atomic mass is 9.78. The zero-order valence-corrected chi connectivity index (χ0v) is 13.7. The molecule has 0 aromatic heterocycles. The van der Waals surface area contributed by atoms with E-state index in [0.717, 1.165) is 23.4 Å². The molecule has 0 bridgehead atoms. The largest absolute Gasteiger partial charge is 0.359 e. The Hall–Kier alpha value is -0.710. The minimum atomic E-state index is 0.0200. The molecule has 5 heteroatoms. The number of thioether (sulfide) groups is 1. The van der Waals surface area contributed by atoms with Crippen LogP contribution in [0.5, 0.6) is 0 Å². The molecular formula is C15H27N3OS. The van der Waals surface area contributed by atoms with Crippen molar-refractivity contribution in [2.45, 2.75) is 52.0 Å². The van der Waals surface area contributed by atoms with Crippen LogP contribution in [-0.2, 0) is 4.79 Å². The fourth-order valence-corrected chi connectivity index (χ4v) is 4.20. The lowest BCUT2D eigenvalue weighted by molar-refractivity contribution is -0.119. The van der Waals surface area contributed by atoms with Crippen molar-refractivity contribution in [3.8, 4) is 0 Å². The number of carbonyl (C=O) groups excluding carboxylic acids is 1. The van der Waals surface area contributed by atoms with E-state index >= 15 is 0 Å². The number of amides is 1. The van der Waals surface area contributed by atoms with Gasteiger partial charge in [-0.15, -0.1) is 0 Å². The van der Waals surface area contributed by atoms with Gasteiger partial charge in [0.1, 0.15) is 6.54 Å². The first-order chi connectivity index (χ1) is 9.49. The van der Waals surface area contributed by atoms with Crippen molar-refractivity contribution in [3.05, 3.63) is 0 Å². The summed E-state index contributed by atoms with van der Waals surface area (Å²) in [5, 5.41) is 7.45. The van der Waals surface area contributed by atoms with Crippen LogP contribution < -0.4 is 10.6 Å². The van der Waals surface area contributed by atoms with Gasteiger partial charge >= 0.3 is 0 Å². The number of carbonyl (C=O) groups is 1. The van der Waals surface area contributed by atoms with Crippen molar-refractivity contribution in [3.63, 3.8) is 0 Å². The Kier molecular flexibility index (Phi) is 5.35. The molecule has 1 amide bonds. The highest BCUT2D eigenvalue weighted by Crippen LogP contribution is 2.38. The van der Waals surface area contributed by atoms with Crippen LogP contribution in [0.1, 0.15) is 46.5 Å². The van der Waals surface area contributed by atoms with Gasteiger partial charge in [0.2, 0.25) is 5.91 Å². The topological polar surface area (TPSA) is 53.5 Å². The third-order valence-corrected chi connectivity index (χ3v) is 5.22. The van der Waals surface area contributed by atoms with Crippen molar-refractivity contribution in [1.29, 1.82) is 0 Å². The molecule has 1 saturated carbocycles. The first kappa shape index (κ1) is 15.7. The molecule has 1 aliphatic heterocycles. The molecule has 2 rings (SSSR count). The number of amidine groups is 1. The molecule has 2 atom stereocenters. The first-order valence-corrected chi connectivity index (χ1v) is 8.70. The molecule has 1 aliphatic carbocycles. The van der Waals surface area contributed by atoms with Gasteiger partial charge in [-0.1, -0.05) is 45.4 Å². The highest BCUT2D eigenvalue weighted by atomic mass is 32.2. The summed E-state index contributed by atoms with van der Waals surface area (Å²) in [6.45, 7) is 7.49. The Morgan fingerprint density at radius 3 is 3.10 bits per heavy atom. The van der Waals surface area contributed by atoms with Gasteiger partial charge < -0.3 is 10.6 Å². The van der Waals surface area contributed by atoms with Crippen molar-refractivity contribution in [2.75, 3.05) is 18.8 Å². The Labute approximate surface area is 126 Å². The number of nitrogens with zero attached hydrogens (tertiary/aromatic N) is 1. The van der Waals surface area contributed by atoms with Crippen LogP contribution in [-0.4, -0.2) is 35.5 Å². The smallest absolute Gasteiger partial charge is 0.241 e. The normalized spacial score (nSPS) is 31.8. The van der Waals surface area contributed by atoms with Gasteiger partial charge in [0.05, 0.1) is 0 Å². The first-order valence-electron chi connectivity index (χ1n) is 7.71. The average Bonchev–Trinajstić information content (AvgIpc) is 2.76. The molecule has 0 aromatic carbocycles. The van der Waals surface area contributed by atoms with Crippen LogP contribution in [0.3, 0.4) is 0 Å². The van der Waals surface area contributed by atoms with Gasteiger partial charge in [0.15, 0.2) is 5.17 Å². The maximum Gasteiger partial charge on any atom is 0.241 e. The molecule has 1 heterocycles. The Morgan fingerprint density at radius 1 is 1.60 bits per heavy atom. The van der Waals surface area contributed by atoms with Crippen LogP contribution in [0, 0.1) is 11.8 Å². The van der Waals surface area contributed by atoms with Crippen molar-refractivity contribution in [1.82, 2.24) is 10.6 Å². The van der Waals surface area contributed by atoms with E-state index < -0.39 is 0 Å². The molecule has 2 N–H and O–H groups in total. The van der Waals surface area contributed by atoms with Crippen molar-refractivity contribution >= 4 is 22.8 Å². The van der Waals surface area contributed by atoms with Gasteiger partial charge in [0, 0.05) is 17.8 Å². The van der Waals surface area contributed by atoms with Crippen LogP contribution >= 0.6 is 11.8 Å². The monoisotopic (exact) mass is 297 g/mol. The highest BCUT2D eigenvalue weighted by Gasteiger charge is 2.40.